The van der Waals surface area contributed by atoms with Gasteiger partial charge in [-0.15, -0.1) is 0 Å². The standard InChI is InChI=1S/C26H32F2N4O4/c1-16-6-9-22(23(33)31-16)32-15-18-12-17(7-8-21(18)24(32)34)14-30-25(35)26(27,28)19-4-3-5-20(13-19)36-11-10-29-2/h3-5,7-8,12-13,16,22-23,29,31,33H,6,9-11,14-15H2,1-2H3,(H,30,35). The molecule has 0 bridgehead atoms. The quantitative estimate of drug-likeness (QED) is 0.392. The Hall–Kier alpha value is -3.08. The van der Waals surface area contributed by atoms with Crippen molar-refractivity contribution in [3.63, 3.8) is 0 Å². The molecule has 4 rings (SSSR count). The summed E-state index contributed by atoms with van der Waals surface area (Å²) in [5.41, 5.74) is 1.42. The normalized spacial score (nSPS) is 21.9. The first-order chi connectivity index (χ1) is 17.2. The van der Waals surface area contributed by atoms with E-state index in [-0.39, 0.29) is 30.3 Å². The van der Waals surface area contributed by atoms with Crippen molar-refractivity contribution in [1.82, 2.24) is 20.9 Å². The third-order valence-corrected chi connectivity index (χ3v) is 6.67. The van der Waals surface area contributed by atoms with Crippen LogP contribution in [0.2, 0.25) is 0 Å². The molecule has 2 heterocycles. The number of carbonyl (C=O) groups excluding carboxylic acids is 2. The van der Waals surface area contributed by atoms with E-state index in [0.717, 1.165) is 12.0 Å². The number of likely N-dealkylation sites (N-methyl/N-ethyl adjacent to an activating group) is 1. The number of fused-ring (bicyclic) bond motifs is 1. The molecule has 2 aliphatic rings. The van der Waals surface area contributed by atoms with E-state index < -0.39 is 23.6 Å². The molecular weight excluding hydrogens is 470 g/mol. The van der Waals surface area contributed by atoms with Gasteiger partial charge in [-0.25, -0.2) is 0 Å². The SMILES string of the molecule is CNCCOc1cccc(C(F)(F)C(=O)NCc2ccc3c(c2)CN(C2CCC(C)NC2O)C3=O)c1. The number of carbonyl (C=O) groups is 2. The van der Waals surface area contributed by atoms with Gasteiger partial charge < -0.3 is 25.4 Å². The van der Waals surface area contributed by atoms with Crippen molar-refractivity contribution in [2.45, 2.75) is 57.1 Å². The van der Waals surface area contributed by atoms with Gasteiger partial charge in [-0.3, -0.25) is 14.9 Å². The minimum Gasteiger partial charge on any atom is -0.492 e. The van der Waals surface area contributed by atoms with Crippen LogP contribution in [0.5, 0.6) is 5.75 Å². The van der Waals surface area contributed by atoms with E-state index in [2.05, 4.69) is 16.0 Å². The predicted molar refractivity (Wildman–Crippen MR) is 130 cm³/mol. The van der Waals surface area contributed by atoms with Crippen LogP contribution in [0.4, 0.5) is 8.78 Å². The van der Waals surface area contributed by atoms with Gasteiger partial charge in [0.15, 0.2) is 0 Å². The number of piperidine rings is 1. The molecule has 2 aromatic carbocycles. The van der Waals surface area contributed by atoms with Crippen LogP contribution >= 0.6 is 0 Å². The van der Waals surface area contributed by atoms with Gasteiger partial charge in [0, 0.05) is 36.8 Å². The highest BCUT2D eigenvalue weighted by Gasteiger charge is 2.41. The lowest BCUT2D eigenvalue weighted by Crippen LogP contribution is -2.56. The van der Waals surface area contributed by atoms with E-state index in [0.29, 0.717) is 37.2 Å². The number of aliphatic hydroxyl groups is 1. The molecule has 1 fully saturated rings. The fourth-order valence-electron chi connectivity index (χ4n) is 4.64. The van der Waals surface area contributed by atoms with Gasteiger partial charge in [0.1, 0.15) is 18.6 Å². The number of benzene rings is 2. The van der Waals surface area contributed by atoms with Crippen LogP contribution in [0.3, 0.4) is 0 Å². The minimum atomic E-state index is -3.74. The zero-order valence-corrected chi connectivity index (χ0v) is 20.4. The molecule has 3 atom stereocenters. The van der Waals surface area contributed by atoms with Gasteiger partial charge in [-0.05, 0) is 56.1 Å². The van der Waals surface area contributed by atoms with Crippen LogP contribution in [-0.2, 0) is 23.8 Å². The van der Waals surface area contributed by atoms with Crippen molar-refractivity contribution in [2.75, 3.05) is 20.2 Å². The Balaban J connectivity index is 1.39. The molecule has 0 spiro atoms. The Labute approximate surface area is 209 Å². The van der Waals surface area contributed by atoms with Crippen molar-refractivity contribution < 1.29 is 28.2 Å². The first-order valence-electron chi connectivity index (χ1n) is 12.1. The Kier molecular flexibility index (Phi) is 7.87. The third kappa shape index (κ3) is 5.50. The molecule has 3 unspecified atom stereocenters. The number of rotatable bonds is 9. The molecule has 2 aromatic rings. The molecule has 2 amide bonds. The van der Waals surface area contributed by atoms with Gasteiger partial charge in [0.25, 0.3) is 11.8 Å². The minimum absolute atomic E-state index is 0.112. The maximum Gasteiger partial charge on any atom is 0.349 e. The molecule has 194 valence electrons. The second-order valence-electron chi connectivity index (χ2n) is 9.32. The fourth-order valence-corrected chi connectivity index (χ4v) is 4.64. The van der Waals surface area contributed by atoms with Crippen molar-refractivity contribution in [2.24, 2.45) is 0 Å². The summed E-state index contributed by atoms with van der Waals surface area (Å²) < 4.78 is 35.1. The Morgan fingerprint density at radius 1 is 1.25 bits per heavy atom. The molecule has 10 heteroatoms. The van der Waals surface area contributed by atoms with Crippen molar-refractivity contribution >= 4 is 11.8 Å². The number of hydrogen-bond donors (Lipinski definition) is 4. The van der Waals surface area contributed by atoms with Crippen LogP contribution in [0, 0.1) is 0 Å². The highest BCUT2D eigenvalue weighted by Crippen LogP contribution is 2.32. The highest BCUT2D eigenvalue weighted by molar-refractivity contribution is 5.98. The van der Waals surface area contributed by atoms with Crippen molar-refractivity contribution in [3.8, 4) is 5.75 Å². The Morgan fingerprint density at radius 3 is 2.81 bits per heavy atom. The molecule has 0 saturated carbocycles. The molecule has 0 aromatic heterocycles. The topological polar surface area (TPSA) is 103 Å². The number of amides is 2. The summed E-state index contributed by atoms with van der Waals surface area (Å²) in [6.45, 7) is 3.07. The maximum absolute atomic E-state index is 14.9. The Bertz CT molecular complexity index is 1110. The van der Waals surface area contributed by atoms with Crippen LogP contribution in [0.25, 0.3) is 0 Å². The summed E-state index contributed by atoms with van der Waals surface area (Å²) in [5.74, 6) is -5.06. The average molecular weight is 503 g/mol. The molecule has 1 saturated heterocycles. The highest BCUT2D eigenvalue weighted by atomic mass is 19.3. The number of ether oxygens (including phenoxy) is 1. The first kappa shape index (κ1) is 26.0. The predicted octanol–water partition coefficient (Wildman–Crippen LogP) is 2.11. The summed E-state index contributed by atoms with van der Waals surface area (Å²) >= 11 is 0. The third-order valence-electron chi connectivity index (χ3n) is 6.67. The van der Waals surface area contributed by atoms with Crippen LogP contribution in [-0.4, -0.2) is 60.3 Å². The largest absolute Gasteiger partial charge is 0.492 e. The van der Waals surface area contributed by atoms with Crippen LogP contribution in [0.15, 0.2) is 42.5 Å². The fraction of sp³-hybridized carbons (Fsp3) is 0.462. The molecule has 2 aliphatic heterocycles. The smallest absolute Gasteiger partial charge is 0.349 e. The van der Waals surface area contributed by atoms with E-state index in [4.69, 9.17) is 4.74 Å². The number of nitrogens with zero attached hydrogens (tertiary/aromatic N) is 1. The van der Waals surface area contributed by atoms with E-state index >= 15 is 0 Å². The second-order valence-corrected chi connectivity index (χ2v) is 9.32. The zero-order chi connectivity index (χ0) is 25.9. The summed E-state index contributed by atoms with van der Waals surface area (Å²) in [4.78, 5) is 27.0. The molecule has 36 heavy (non-hydrogen) atoms. The average Bonchev–Trinajstić information content (AvgIpc) is 3.18. The molecular formula is C26H32F2N4O4. The number of alkyl halides is 2. The van der Waals surface area contributed by atoms with E-state index in [1.807, 2.05) is 6.92 Å². The van der Waals surface area contributed by atoms with E-state index in [9.17, 15) is 23.5 Å². The van der Waals surface area contributed by atoms with Gasteiger partial charge >= 0.3 is 5.92 Å². The summed E-state index contributed by atoms with van der Waals surface area (Å²) in [6.07, 6.45) is 0.729. The van der Waals surface area contributed by atoms with E-state index in [1.54, 1.807) is 36.2 Å². The molecule has 0 radical (unpaired) electrons. The summed E-state index contributed by atoms with van der Waals surface area (Å²) in [5, 5.41) is 18.7. The summed E-state index contributed by atoms with van der Waals surface area (Å²) in [7, 11) is 1.76. The van der Waals surface area contributed by atoms with Crippen molar-refractivity contribution in [1.29, 1.82) is 0 Å². The maximum atomic E-state index is 14.9. The van der Waals surface area contributed by atoms with Crippen molar-refractivity contribution in [3.05, 3.63) is 64.7 Å². The number of halogens is 2. The number of hydrogen-bond acceptors (Lipinski definition) is 6. The lowest BCUT2D eigenvalue weighted by molar-refractivity contribution is -0.147. The summed E-state index contributed by atoms with van der Waals surface area (Å²) in [6, 6.07) is 10.2. The second kappa shape index (κ2) is 10.9. The van der Waals surface area contributed by atoms with Gasteiger partial charge in [0.05, 0.1) is 6.04 Å². The van der Waals surface area contributed by atoms with Crippen LogP contribution < -0.4 is 20.7 Å². The first-order valence-corrected chi connectivity index (χ1v) is 12.1. The molecule has 8 nitrogen and oxygen atoms in total. The lowest BCUT2D eigenvalue weighted by atomic mass is 9.99. The zero-order valence-electron chi connectivity index (χ0n) is 20.4. The Morgan fingerprint density at radius 2 is 2.06 bits per heavy atom. The molecule has 0 aliphatic carbocycles. The monoisotopic (exact) mass is 502 g/mol. The van der Waals surface area contributed by atoms with Crippen LogP contribution in [0.1, 0.15) is 46.8 Å². The number of aliphatic hydroxyl groups excluding tert-OH is 1. The van der Waals surface area contributed by atoms with Gasteiger partial charge in [-0.2, -0.15) is 8.78 Å². The number of nitrogens with one attached hydrogen (secondary N) is 3. The van der Waals surface area contributed by atoms with E-state index in [1.165, 1.54) is 18.2 Å². The lowest BCUT2D eigenvalue weighted by Gasteiger charge is -2.38. The molecule has 4 N–H and O–H groups in total. The van der Waals surface area contributed by atoms with Gasteiger partial charge in [-0.1, -0.05) is 24.3 Å². The van der Waals surface area contributed by atoms with Gasteiger partial charge in [0.2, 0.25) is 0 Å².